The SMILES string of the molecule is N#Cc1ccc(Cl)c(Oc2nc(-c3cc(F)cc(F)c3)ccc2C(=O)O)c1. The summed E-state index contributed by atoms with van der Waals surface area (Å²) in [4.78, 5) is 15.5. The van der Waals surface area contributed by atoms with E-state index in [9.17, 15) is 18.7 Å². The van der Waals surface area contributed by atoms with Gasteiger partial charge in [-0.15, -0.1) is 0 Å². The molecule has 0 unspecified atom stereocenters. The lowest BCUT2D eigenvalue weighted by Gasteiger charge is -2.11. The Bertz CT molecular complexity index is 1080. The van der Waals surface area contributed by atoms with Crippen molar-refractivity contribution in [1.82, 2.24) is 4.98 Å². The van der Waals surface area contributed by atoms with Crippen molar-refractivity contribution in [2.75, 3.05) is 0 Å². The number of pyridine rings is 1. The number of hydrogen-bond acceptors (Lipinski definition) is 4. The predicted octanol–water partition coefficient (Wildman–Crippen LogP) is 5.04. The standard InChI is InChI=1S/C19H9ClF2N2O3/c20-15-3-1-10(9-23)5-17(15)27-18-14(19(25)26)2-4-16(24-18)11-6-12(21)8-13(22)7-11/h1-8H,(H,25,26). The quantitative estimate of drug-likeness (QED) is 0.679. The maximum absolute atomic E-state index is 13.5. The molecule has 0 spiro atoms. The van der Waals surface area contributed by atoms with Crippen LogP contribution in [0.4, 0.5) is 8.78 Å². The normalized spacial score (nSPS) is 10.3. The van der Waals surface area contributed by atoms with Crippen molar-refractivity contribution in [2.24, 2.45) is 0 Å². The van der Waals surface area contributed by atoms with E-state index in [1.165, 1.54) is 30.3 Å². The number of aromatic carboxylic acids is 1. The average molecular weight is 387 g/mol. The minimum atomic E-state index is -1.32. The number of ether oxygens (including phenoxy) is 1. The molecule has 0 aliphatic carbocycles. The van der Waals surface area contributed by atoms with Gasteiger partial charge in [-0.3, -0.25) is 0 Å². The van der Waals surface area contributed by atoms with Crippen molar-refractivity contribution in [2.45, 2.75) is 0 Å². The Labute approximate surface area is 157 Å². The lowest BCUT2D eigenvalue weighted by molar-refractivity contribution is 0.0693. The second kappa shape index (κ2) is 7.40. The molecule has 8 heteroatoms. The molecule has 0 amide bonds. The largest absolute Gasteiger partial charge is 0.477 e. The van der Waals surface area contributed by atoms with Crippen molar-refractivity contribution >= 4 is 17.6 Å². The second-order valence-corrected chi connectivity index (χ2v) is 5.78. The van der Waals surface area contributed by atoms with E-state index in [1.807, 2.05) is 6.07 Å². The highest BCUT2D eigenvalue weighted by atomic mass is 35.5. The highest BCUT2D eigenvalue weighted by Crippen LogP contribution is 2.33. The Hall–Kier alpha value is -3.50. The summed E-state index contributed by atoms with van der Waals surface area (Å²) in [6, 6.07) is 11.4. The molecule has 2 aromatic carbocycles. The molecular formula is C19H9ClF2N2O3. The molecule has 0 saturated heterocycles. The first kappa shape index (κ1) is 18.3. The smallest absolute Gasteiger partial charge is 0.341 e. The number of aromatic nitrogens is 1. The summed E-state index contributed by atoms with van der Waals surface area (Å²) in [7, 11) is 0. The molecule has 5 nitrogen and oxygen atoms in total. The molecule has 0 radical (unpaired) electrons. The first-order chi connectivity index (χ1) is 12.9. The fraction of sp³-hybridized carbons (Fsp3) is 0. The lowest BCUT2D eigenvalue weighted by atomic mass is 10.1. The maximum Gasteiger partial charge on any atom is 0.341 e. The fourth-order valence-corrected chi connectivity index (χ4v) is 2.45. The summed E-state index contributed by atoms with van der Waals surface area (Å²) in [6.45, 7) is 0. The summed E-state index contributed by atoms with van der Waals surface area (Å²) in [5, 5.41) is 18.4. The minimum absolute atomic E-state index is 0.0216. The van der Waals surface area contributed by atoms with E-state index in [2.05, 4.69) is 4.98 Å². The Morgan fingerprint density at radius 2 is 1.81 bits per heavy atom. The van der Waals surface area contributed by atoms with E-state index >= 15 is 0 Å². The predicted molar refractivity (Wildman–Crippen MR) is 92.8 cm³/mol. The van der Waals surface area contributed by atoms with Gasteiger partial charge in [0.25, 0.3) is 0 Å². The molecule has 1 N–H and O–H groups in total. The third-order valence-electron chi connectivity index (χ3n) is 3.52. The number of carboxylic acids is 1. The van der Waals surface area contributed by atoms with E-state index in [1.54, 1.807) is 0 Å². The molecule has 0 bridgehead atoms. The molecule has 0 aliphatic rings. The number of halogens is 3. The third kappa shape index (κ3) is 4.02. The molecule has 3 rings (SSSR count). The maximum atomic E-state index is 13.5. The first-order valence-corrected chi connectivity index (χ1v) is 7.83. The fourth-order valence-electron chi connectivity index (χ4n) is 2.30. The van der Waals surface area contributed by atoms with Gasteiger partial charge < -0.3 is 9.84 Å². The van der Waals surface area contributed by atoms with Crippen LogP contribution in [0.5, 0.6) is 11.6 Å². The average Bonchev–Trinajstić information content (AvgIpc) is 2.62. The van der Waals surface area contributed by atoms with Gasteiger partial charge in [-0.05, 0) is 36.4 Å². The Morgan fingerprint density at radius 1 is 1.11 bits per heavy atom. The van der Waals surface area contributed by atoms with Crippen LogP contribution in [0.3, 0.4) is 0 Å². The van der Waals surface area contributed by atoms with Crippen LogP contribution >= 0.6 is 11.6 Å². The van der Waals surface area contributed by atoms with E-state index < -0.39 is 17.6 Å². The molecular weight excluding hydrogens is 378 g/mol. The first-order valence-electron chi connectivity index (χ1n) is 7.45. The number of nitrogens with zero attached hydrogens (tertiary/aromatic N) is 2. The van der Waals surface area contributed by atoms with Gasteiger partial charge in [-0.25, -0.2) is 18.6 Å². The zero-order valence-electron chi connectivity index (χ0n) is 13.4. The third-order valence-corrected chi connectivity index (χ3v) is 3.83. The summed E-state index contributed by atoms with van der Waals surface area (Å²) in [6.07, 6.45) is 0. The second-order valence-electron chi connectivity index (χ2n) is 5.37. The van der Waals surface area contributed by atoms with Gasteiger partial charge in [0.15, 0.2) is 0 Å². The molecule has 0 aliphatic heterocycles. The molecule has 1 aromatic heterocycles. The number of carbonyl (C=O) groups is 1. The molecule has 0 atom stereocenters. The summed E-state index contributed by atoms with van der Waals surface area (Å²) >= 11 is 6.02. The van der Waals surface area contributed by atoms with Gasteiger partial charge in [0.2, 0.25) is 5.88 Å². The Balaban J connectivity index is 2.10. The number of rotatable bonds is 4. The summed E-state index contributed by atoms with van der Waals surface area (Å²) < 4.78 is 32.4. The van der Waals surface area contributed by atoms with Crippen LogP contribution in [0.25, 0.3) is 11.3 Å². The topological polar surface area (TPSA) is 83.2 Å². The Kier molecular flexibility index (Phi) is 5.01. The van der Waals surface area contributed by atoms with Crippen LogP contribution in [0.1, 0.15) is 15.9 Å². The lowest BCUT2D eigenvalue weighted by Crippen LogP contribution is -2.03. The minimum Gasteiger partial charge on any atom is -0.477 e. The summed E-state index contributed by atoms with van der Waals surface area (Å²) in [5.41, 5.74) is 0.163. The van der Waals surface area contributed by atoms with Crippen LogP contribution in [-0.4, -0.2) is 16.1 Å². The molecule has 1 heterocycles. The zero-order valence-corrected chi connectivity index (χ0v) is 14.2. The van der Waals surface area contributed by atoms with Crippen LogP contribution in [0.2, 0.25) is 5.02 Å². The number of hydrogen-bond donors (Lipinski definition) is 1. The highest BCUT2D eigenvalue weighted by Gasteiger charge is 2.17. The van der Waals surface area contributed by atoms with Crippen molar-refractivity contribution in [1.29, 1.82) is 5.26 Å². The molecule has 27 heavy (non-hydrogen) atoms. The van der Waals surface area contributed by atoms with E-state index in [0.29, 0.717) is 6.07 Å². The van der Waals surface area contributed by atoms with Gasteiger partial charge in [-0.2, -0.15) is 5.26 Å². The van der Waals surface area contributed by atoms with E-state index in [4.69, 9.17) is 21.6 Å². The molecule has 3 aromatic rings. The monoisotopic (exact) mass is 386 g/mol. The summed E-state index contributed by atoms with van der Waals surface area (Å²) in [5.74, 6) is -3.24. The zero-order chi connectivity index (χ0) is 19.6. The van der Waals surface area contributed by atoms with Crippen LogP contribution < -0.4 is 4.74 Å². The highest BCUT2D eigenvalue weighted by molar-refractivity contribution is 6.32. The number of nitriles is 1. The van der Waals surface area contributed by atoms with Gasteiger partial charge in [0, 0.05) is 17.7 Å². The molecule has 0 fully saturated rings. The van der Waals surface area contributed by atoms with Crippen LogP contribution in [0.15, 0.2) is 48.5 Å². The van der Waals surface area contributed by atoms with Crippen molar-refractivity contribution in [3.05, 3.63) is 76.3 Å². The number of benzene rings is 2. The van der Waals surface area contributed by atoms with Crippen molar-refractivity contribution in [3.63, 3.8) is 0 Å². The van der Waals surface area contributed by atoms with E-state index in [-0.39, 0.29) is 39.0 Å². The Morgan fingerprint density at radius 3 is 2.44 bits per heavy atom. The van der Waals surface area contributed by atoms with Gasteiger partial charge in [-0.1, -0.05) is 11.6 Å². The van der Waals surface area contributed by atoms with Crippen molar-refractivity contribution in [3.8, 4) is 29.0 Å². The van der Waals surface area contributed by atoms with Crippen LogP contribution in [-0.2, 0) is 0 Å². The molecule has 0 saturated carbocycles. The van der Waals surface area contributed by atoms with Crippen LogP contribution in [0, 0.1) is 23.0 Å². The van der Waals surface area contributed by atoms with Gasteiger partial charge in [0.05, 0.1) is 22.3 Å². The molecule has 134 valence electrons. The van der Waals surface area contributed by atoms with Gasteiger partial charge in [0.1, 0.15) is 22.9 Å². The van der Waals surface area contributed by atoms with E-state index in [0.717, 1.165) is 12.1 Å². The van der Waals surface area contributed by atoms with Gasteiger partial charge >= 0.3 is 5.97 Å². The number of carboxylic acid groups (broad SMARTS) is 1. The van der Waals surface area contributed by atoms with Crippen molar-refractivity contribution < 1.29 is 23.4 Å².